The first kappa shape index (κ1) is 14.3. The molecule has 0 saturated heterocycles. The van der Waals surface area contributed by atoms with E-state index in [1.165, 1.54) is 13.2 Å². The average molecular weight is 338 g/mol. The zero-order valence-electron chi connectivity index (χ0n) is 10.9. The molecule has 0 heterocycles. The molecule has 0 fully saturated rings. The van der Waals surface area contributed by atoms with E-state index >= 15 is 0 Å². The quantitative estimate of drug-likeness (QED) is 0.623. The Kier molecular flexibility index (Phi) is 4.24. The van der Waals surface area contributed by atoms with Crippen molar-refractivity contribution in [2.24, 2.45) is 0 Å². The molecular formula is C14H12BrNO4. The summed E-state index contributed by atoms with van der Waals surface area (Å²) in [5.41, 5.74) is 1.22. The lowest BCUT2D eigenvalue weighted by molar-refractivity contribution is -0.384. The number of rotatable bonds is 4. The van der Waals surface area contributed by atoms with Crippen LogP contribution in [0.15, 0.2) is 40.9 Å². The van der Waals surface area contributed by atoms with Gasteiger partial charge in [-0.1, -0.05) is 6.07 Å². The molecule has 0 radical (unpaired) electrons. The van der Waals surface area contributed by atoms with Crippen LogP contribution in [0.1, 0.15) is 0 Å². The lowest BCUT2D eigenvalue weighted by Gasteiger charge is -2.08. The highest BCUT2D eigenvalue weighted by atomic mass is 79.9. The summed E-state index contributed by atoms with van der Waals surface area (Å²) in [6, 6.07) is 10.1. The minimum Gasteiger partial charge on any atom is -0.497 e. The van der Waals surface area contributed by atoms with Crippen LogP contribution >= 0.6 is 15.9 Å². The Morgan fingerprint density at radius 2 is 1.85 bits per heavy atom. The second kappa shape index (κ2) is 5.92. The standard InChI is InChI=1S/C14H12BrNO4/c1-19-10-4-5-11(13(8-10)16(17)18)9-3-6-12(15)14(7-9)20-2/h3-8H,1-2H3. The highest BCUT2D eigenvalue weighted by Crippen LogP contribution is 2.36. The summed E-state index contributed by atoms with van der Waals surface area (Å²) in [5, 5.41) is 11.2. The Labute approximate surface area is 124 Å². The van der Waals surface area contributed by atoms with Crippen molar-refractivity contribution in [1.82, 2.24) is 0 Å². The van der Waals surface area contributed by atoms with Gasteiger partial charge in [-0.3, -0.25) is 10.1 Å². The molecule has 0 aliphatic heterocycles. The van der Waals surface area contributed by atoms with Gasteiger partial charge in [0.1, 0.15) is 11.5 Å². The number of benzene rings is 2. The lowest BCUT2D eigenvalue weighted by atomic mass is 10.0. The molecule has 0 bridgehead atoms. The van der Waals surface area contributed by atoms with Gasteiger partial charge in [0, 0.05) is 0 Å². The SMILES string of the molecule is COc1ccc(-c2ccc(Br)c(OC)c2)c([N+](=O)[O-])c1. The van der Waals surface area contributed by atoms with Crippen molar-refractivity contribution in [2.45, 2.75) is 0 Å². The summed E-state index contributed by atoms with van der Waals surface area (Å²) in [6.45, 7) is 0. The van der Waals surface area contributed by atoms with E-state index in [-0.39, 0.29) is 5.69 Å². The molecule has 0 spiro atoms. The van der Waals surface area contributed by atoms with Crippen LogP contribution in [0.2, 0.25) is 0 Å². The first-order valence-corrected chi connectivity index (χ1v) is 6.52. The van der Waals surface area contributed by atoms with Crippen molar-refractivity contribution < 1.29 is 14.4 Å². The van der Waals surface area contributed by atoms with Gasteiger partial charge in [-0.15, -0.1) is 0 Å². The fourth-order valence-corrected chi connectivity index (χ4v) is 2.27. The normalized spacial score (nSPS) is 10.2. The van der Waals surface area contributed by atoms with Crippen LogP contribution in [0.3, 0.4) is 0 Å². The molecule has 2 aromatic rings. The first-order chi connectivity index (χ1) is 9.56. The maximum atomic E-state index is 11.2. The van der Waals surface area contributed by atoms with E-state index in [4.69, 9.17) is 9.47 Å². The number of nitrogens with zero attached hydrogens (tertiary/aromatic N) is 1. The monoisotopic (exact) mass is 337 g/mol. The molecule has 2 aromatic carbocycles. The molecule has 6 heteroatoms. The Balaban J connectivity index is 2.60. The maximum Gasteiger partial charge on any atom is 0.280 e. The lowest BCUT2D eigenvalue weighted by Crippen LogP contribution is -1.94. The van der Waals surface area contributed by atoms with Crippen LogP contribution in [0, 0.1) is 10.1 Å². The van der Waals surface area contributed by atoms with E-state index in [2.05, 4.69) is 15.9 Å². The molecule has 0 aliphatic rings. The van der Waals surface area contributed by atoms with E-state index in [1.807, 2.05) is 0 Å². The third-order valence-electron chi connectivity index (χ3n) is 2.86. The Hall–Kier alpha value is -2.08. The van der Waals surface area contributed by atoms with Gasteiger partial charge in [0.05, 0.1) is 35.2 Å². The molecular weight excluding hydrogens is 326 g/mol. The van der Waals surface area contributed by atoms with Crippen molar-refractivity contribution in [3.63, 3.8) is 0 Å². The van der Waals surface area contributed by atoms with Crippen LogP contribution in [-0.4, -0.2) is 19.1 Å². The van der Waals surface area contributed by atoms with E-state index < -0.39 is 4.92 Å². The third-order valence-corrected chi connectivity index (χ3v) is 3.52. The Morgan fingerprint density at radius 3 is 2.45 bits per heavy atom. The highest BCUT2D eigenvalue weighted by molar-refractivity contribution is 9.10. The molecule has 104 valence electrons. The van der Waals surface area contributed by atoms with Crippen LogP contribution in [0.5, 0.6) is 11.5 Å². The first-order valence-electron chi connectivity index (χ1n) is 5.73. The van der Waals surface area contributed by atoms with E-state index in [1.54, 1.807) is 37.4 Å². The van der Waals surface area contributed by atoms with Gasteiger partial charge < -0.3 is 9.47 Å². The minimum absolute atomic E-state index is 0.00581. The topological polar surface area (TPSA) is 61.6 Å². The van der Waals surface area contributed by atoms with Crippen LogP contribution in [0.4, 0.5) is 5.69 Å². The van der Waals surface area contributed by atoms with E-state index in [9.17, 15) is 10.1 Å². The van der Waals surface area contributed by atoms with E-state index in [0.29, 0.717) is 22.6 Å². The van der Waals surface area contributed by atoms with Gasteiger partial charge >= 0.3 is 0 Å². The summed E-state index contributed by atoms with van der Waals surface area (Å²) in [6.07, 6.45) is 0. The molecule has 20 heavy (non-hydrogen) atoms. The van der Waals surface area contributed by atoms with Gasteiger partial charge in [-0.25, -0.2) is 0 Å². The summed E-state index contributed by atoms with van der Waals surface area (Å²) >= 11 is 3.35. The van der Waals surface area contributed by atoms with Crippen LogP contribution in [0.25, 0.3) is 11.1 Å². The van der Waals surface area contributed by atoms with Gasteiger partial charge in [0.2, 0.25) is 0 Å². The van der Waals surface area contributed by atoms with Crippen molar-refractivity contribution >= 4 is 21.6 Å². The van der Waals surface area contributed by atoms with Crippen molar-refractivity contribution in [3.05, 3.63) is 51.0 Å². The molecule has 0 N–H and O–H groups in total. The number of ether oxygens (including phenoxy) is 2. The van der Waals surface area contributed by atoms with Crippen LogP contribution in [-0.2, 0) is 0 Å². The molecule has 0 atom stereocenters. The molecule has 5 nitrogen and oxygen atoms in total. The number of nitro benzene ring substituents is 1. The molecule has 0 amide bonds. The molecule has 0 unspecified atom stereocenters. The van der Waals surface area contributed by atoms with Crippen molar-refractivity contribution in [2.75, 3.05) is 14.2 Å². The number of methoxy groups -OCH3 is 2. The molecule has 0 saturated carbocycles. The van der Waals surface area contributed by atoms with Gasteiger partial charge in [-0.05, 0) is 45.8 Å². The zero-order chi connectivity index (χ0) is 14.7. The summed E-state index contributed by atoms with van der Waals surface area (Å²) < 4.78 is 11.0. The predicted molar refractivity (Wildman–Crippen MR) is 79.3 cm³/mol. The molecule has 2 rings (SSSR count). The van der Waals surface area contributed by atoms with Gasteiger partial charge in [0.25, 0.3) is 5.69 Å². The second-order valence-electron chi connectivity index (χ2n) is 3.99. The largest absolute Gasteiger partial charge is 0.497 e. The number of nitro groups is 1. The second-order valence-corrected chi connectivity index (χ2v) is 4.84. The van der Waals surface area contributed by atoms with Gasteiger partial charge in [0.15, 0.2) is 0 Å². The number of hydrogen-bond donors (Lipinski definition) is 0. The smallest absolute Gasteiger partial charge is 0.280 e. The minimum atomic E-state index is -0.424. The number of halogens is 1. The fraction of sp³-hybridized carbons (Fsp3) is 0.143. The maximum absolute atomic E-state index is 11.2. The summed E-state index contributed by atoms with van der Waals surface area (Å²) in [5.74, 6) is 1.07. The van der Waals surface area contributed by atoms with Gasteiger partial charge in [-0.2, -0.15) is 0 Å². The Morgan fingerprint density at radius 1 is 1.10 bits per heavy atom. The average Bonchev–Trinajstić information content (AvgIpc) is 2.47. The third kappa shape index (κ3) is 2.75. The van der Waals surface area contributed by atoms with Crippen molar-refractivity contribution in [3.8, 4) is 22.6 Å². The predicted octanol–water partition coefficient (Wildman–Crippen LogP) is 4.04. The van der Waals surface area contributed by atoms with Crippen molar-refractivity contribution in [1.29, 1.82) is 0 Å². The highest BCUT2D eigenvalue weighted by Gasteiger charge is 2.17. The fourth-order valence-electron chi connectivity index (χ4n) is 1.86. The van der Waals surface area contributed by atoms with E-state index in [0.717, 1.165) is 4.47 Å². The number of hydrogen-bond acceptors (Lipinski definition) is 4. The Bertz CT molecular complexity index is 658. The molecule has 0 aromatic heterocycles. The van der Waals surface area contributed by atoms with Crippen LogP contribution < -0.4 is 9.47 Å². The summed E-state index contributed by atoms with van der Waals surface area (Å²) in [4.78, 5) is 10.8. The molecule has 0 aliphatic carbocycles. The zero-order valence-corrected chi connectivity index (χ0v) is 12.5. The summed E-state index contributed by atoms with van der Waals surface area (Å²) in [7, 11) is 3.02.